The van der Waals surface area contributed by atoms with Crippen molar-refractivity contribution in [3.63, 3.8) is 0 Å². The third-order valence-electron chi connectivity index (χ3n) is 7.50. The van der Waals surface area contributed by atoms with Crippen LogP contribution in [0.1, 0.15) is 28.4 Å². The highest BCUT2D eigenvalue weighted by Crippen LogP contribution is 2.48. The first-order chi connectivity index (χ1) is 20.0. The number of ether oxygens (including phenoxy) is 1. The second kappa shape index (κ2) is 10.1. The van der Waals surface area contributed by atoms with Gasteiger partial charge in [-0.25, -0.2) is 14.7 Å². The van der Waals surface area contributed by atoms with E-state index in [1.54, 1.807) is 7.11 Å². The van der Waals surface area contributed by atoms with Crippen LogP contribution >= 0.6 is 15.9 Å². The molecule has 3 heterocycles. The lowest BCUT2D eigenvalue weighted by molar-refractivity contribution is 0.415. The number of aromatic nitrogens is 2. The van der Waals surface area contributed by atoms with Crippen molar-refractivity contribution in [2.45, 2.75) is 19.9 Å². The summed E-state index contributed by atoms with van der Waals surface area (Å²) in [5, 5.41) is 8.61. The van der Waals surface area contributed by atoms with Crippen LogP contribution in [-0.2, 0) is 0 Å². The van der Waals surface area contributed by atoms with Gasteiger partial charge in [-0.2, -0.15) is 5.10 Å². The summed E-state index contributed by atoms with van der Waals surface area (Å²) in [6.45, 7) is 4.17. The molecule has 2 aliphatic rings. The molecule has 0 saturated carbocycles. The molecular weight excluding hydrogens is 576 g/mol. The van der Waals surface area contributed by atoms with Gasteiger partial charge in [-0.1, -0.05) is 58.4 Å². The first kappa shape index (κ1) is 25.3. The molecule has 0 unspecified atom stereocenters. The number of aryl methyl sites for hydroxylation is 2. The van der Waals surface area contributed by atoms with E-state index >= 15 is 0 Å². The lowest BCUT2D eigenvalue weighted by Crippen LogP contribution is -2.46. The monoisotopic (exact) mass is 602 g/mol. The van der Waals surface area contributed by atoms with Gasteiger partial charge in [-0.3, -0.25) is 0 Å². The number of nitrogens with one attached hydrogen (secondary N) is 1. The number of methoxy groups -OCH3 is 1. The largest absolute Gasteiger partial charge is 0.497 e. The zero-order valence-electron chi connectivity index (χ0n) is 22.8. The number of anilines is 2. The van der Waals surface area contributed by atoms with Crippen LogP contribution in [0.5, 0.6) is 5.75 Å². The van der Waals surface area contributed by atoms with Crippen molar-refractivity contribution < 1.29 is 4.74 Å². The average Bonchev–Trinajstić information content (AvgIpc) is 3.32. The summed E-state index contributed by atoms with van der Waals surface area (Å²) in [7, 11) is 1.67. The molecule has 0 spiro atoms. The van der Waals surface area contributed by atoms with E-state index in [0.717, 1.165) is 67.0 Å². The van der Waals surface area contributed by atoms with Crippen molar-refractivity contribution in [2.24, 2.45) is 9.98 Å². The summed E-state index contributed by atoms with van der Waals surface area (Å²) in [6.07, 6.45) is 0. The predicted molar refractivity (Wildman–Crippen MR) is 169 cm³/mol. The number of para-hydroxylation sites is 3. The number of rotatable bonds is 4. The zero-order valence-corrected chi connectivity index (χ0v) is 24.4. The molecule has 1 N–H and O–H groups in total. The fourth-order valence-electron chi connectivity index (χ4n) is 5.57. The first-order valence-corrected chi connectivity index (χ1v) is 14.2. The predicted octanol–water partition coefficient (Wildman–Crippen LogP) is 8.06. The van der Waals surface area contributed by atoms with E-state index in [4.69, 9.17) is 19.8 Å². The van der Waals surface area contributed by atoms with Gasteiger partial charge < -0.3 is 15.0 Å². The molecule has 2 aliphatic heterocycles. The number of hydrogen-bond donors (Lipinski definition) is 1. The van der Waals surface area contributed by atoms with E-state index in [1.165, 1.54) is 0 Å². The van der Waals surface area contributed by atoms with Crippen molar-refractivity contribution in [3.8, 4) is 11.4 Å². The fraction of sp³-hybridized carbons (Fsp3) is 0.121. The maximum atomic E-state index is 5.37. The number of benzene rings is 4. The standard InChI is InChI=1S/C33H27BrN6O/c1-20-9-4-6-13-27(20)40-32-29(21(2)38-40)30(22-10-8-11-23(34)19-22)39-28-14-7-5-12-26(28)36-31(33(39)37-32)35-24-15-17-25(41-3)18-16-24/h4-19,30H,1-3H3,(H,35,36)/t30-/m0/s1. The maximum Gasteiger partial charge on any atom is 0.179 e. The minimum atomic E-state index is -0.183. The molecule has 5 aromatic rings. The van der Waals surface area contributed by atoms with Crippen LogP contribution in [0.2, 0.25) is 0 Å². The van der Waals surface area contributed by atoms with Crippen LogP contribution < -0.4 is 15.0 Å². The van der Waals surface area contributed by atoms with Crippen molar-refractivity contribution in [1.29, 1.82) is 0 Å². The Kier molecular flexibility index (Phi) is 6.20. The number of hydrogen-bond acceptors (Lipinski definition) is 6. The van der Waals surface area contributed by atoms with Gasteiger partial charge in [0.05, 0.1) is 35.9 Å². The van der Waals surface area contributed by atoms with Gasteiger partial charge in [-0.05, 0) is 79.6 Å². The summed E-state index contributed by atoms with van der Waals surface area (Å²) in [4.78, 5) is 12.7. The van der Waals surface area contributed by atoms with E-state index in [1.807, 2.05) is 65.3 Å². The summed E-state index contributed by atoms with van der Waals surface area (Å²) >= 11 is 3.71. The van der Waals surface area contributed by atoms with Gasteiger partial charge >= 0.3 is 0 Å². The molecule has 0 bridgehead atoms. The SMILES string of the molecule is COc1ccc(NC2=Nc3ccccc3N3C2=Nc2c(c(C)nn2-c2ccccc2C)[C@@H]3c2cccc(Br)c2)cc1. The van der Waals surface area contributed by atoms with Gasteiger partial charge in [-0.15, -0.1) is 0 Å². The van der Waals surface area contributed by atoms with Gasteiger partial charge in [0.25, 0.3) is 0 Å². The highest BCUT2D eigenvalue weighted by atomic mass is 79.9. The molecule has 1 aromatic heterocycles. The Bertz CT molecular complexity index is 1860. The second-order valence-corrected chi connectivity index (χ2v) is 11.0. The highest BCUT2D eigenvalue weighted by molar-refractivity contribution is 9.10. The van der Waals surface area contributed by atoms with Crippen LogP contribution in [0.3, 0.4) is 0 Å². The average molecular weight is 604 g/mol. The number of fused-ring (bicyclic) bond motifs is 4. The molecule has 4 aromatic carbocycles. The third-order valence-corrected chi connectivity index (χ3v) is 7.99. The quantitative estimate of drug-likeness (QED) is 0.226. The number of nitrogens with zero attached hydrogens (tertiary/aromatic N) is 5. The van der Waals surface area contributed by atoms with Crippen molar-refractivity contribution in [2.75, 3.05) is 17.3 Å². The molecule has 0 amide bonds. The molecule has 202 valence electrons. The van der Waals surface area contributed by atoms with Crippen molar-refractivity contribution >= 4 is 50.5 Å². The normalized spacial score (nSPS) is 15.3. The first-order valence-electron chi connectivity index (χ1n) is 13.4. The maximum absolute atomic E-state index is 5.37. The Balaban J connectivity index is 1.49. The minimum Gasteiger partial charge on any atom is -0.497 e. The summed E-state index contributed by atoms with van der Waals surface area (Å²) < 4.78 is 8.35. The van der Waals surface area contributed by atoms with Crippen molar-refractivity contribution in [1.82, 2.24) is 9.78 Å². The topological polar surface area (TPSA) is 67.0 Å². The molecule has 7 nitrogen and oxygen atoms in total. The molecule has 0 saturated heterocycles. The molecule has 7 rings (SSSR count). The van der Waals surface area contributed by atoms with E-state index in [9.17, 15) is 0 Å². The van der Waals surface area contributed by atoms with Gasteiger partial charge in [0.1, 0.15) is 5.75 Å². The summed E-state index contributed by atoms with van der Waals surface area (Å²) in [6, 6.07) is 32.6. The van der Waals surface area contributed by atoms with Gasteiger partial charge in [0.15, 0.2) is 17.5 Å². The second-order valence-electron chi connectivity index (χ2n) is 10.1. The molecule has 1 atom stereocenters. The van der Waals surface area contributed by atoms with E-state index in [-0.39, 0.29) is 6.04 Å². The van der Waals surface area contributed by atoms with Crippen LogP contribution in [0.25, 0.3) is 5.69 Å². The van der Waals surface area contributed by atoms with Crippen molar-refractivity contribution in [3.05, 3.63) is 124 Å². The number of amidine groups is 2. The van der Waals surface area contributed by atoms with E-state index in [0.29, 0.717) is 5.84 Å². The lowest BCUT2D eigenvalue weighted by Gasteiger charge is -2.40. The molecule has 0 radical (unpaired) electrons. The summed E-state index contributed by atoms with van der Waals surface area (Å²) in [5.41, 5.74) is 8.00. The van der Waals surface area contributed by atoms with Gasteiger partial charge in [0, 0.05) is 15.7 Å². The molecular formula is C33H27BrN6O. The fourth-order valence-corrected chi connectivity index (χ4v) is 5.99. The smallest absolute Gasteiger partial charge is 0.179 e. The Morgan fingerprint density at radius 1 is 0.829 bits per heavy atom. The third kappa shape index (κ3) is 4.31. The lowest BCUT2D eigenvalue weighted by atomic mass is 9.93. The molecule has 0 aliphatic carbocycles. The number of halogens is 1. The minimum absolute atomic E-state index is 0.183. The highest BCUT2D eigenvalue weighted by Gasteiger charge is 2.41. The Labute approximate surface area is 247 Å². The number of aliphatic imine (C=N–C) groups is 2. The molecule has 41 heavy (non-hydrogen) atoms. The van der Waals surface area contributed by atoms with E-state index in [2.05, 4.69) is 76.4 Å². The summed E-state index contributed by atoms with van der Waals surface area (Å²) in [5.74, 6) is 2.98. The van der Waals surface area contributed by atoms with Crippen LogP contribution in [-0.4, -0.2) is 28.6 Å². The van der Waals surface area contributed by atoms with Crippen LogP contribution in [0.15, 0.2) is 112 Å². The zero-order chi connectivity index (χ0) is 28.1. The molecule has 8 heteroatoms. The van der Waals surface area contributed by atoms with Crippen LogP contribution in [0, 0.1) is 13.8 Å². The van der Waals surface area contributed by atoms with Crippen LogP contribution in [0.4, 0.5) is 22.9 Å². The molecule has 0 fully saturated rings. The Morgan fingerprint density at radius 3 is 2.34 bits per heavy atom. The van der Waals surface area contributed by atoms with E-state index < -0.39 is 0 Å². The Hall–Kier alpha value is -4.69. The Morgan fingerprint density at radius 2 is 1.59 bits per heavy atom. The van der Waals surface area contributed by atoms with Gasteiger partial charge in [0.2, 0.25) is 0 Å².